The largest absolute Gasteiger partial charge is 0.342 e. The fourth-order valence-electron chi connectivity index (χ4n) is 6.28. The number of fused-ring (bicyclic) bond motifs is 4. The Balaban J connectivity index is 1.63. The molecule has 0 bridgehead atoms. The highest BCUT2D eigenvalue weighted by Gasteiger charge is 2.27. The van der Waals surface area contributed by atoms with Crippen molar-refractivity contribution in [3.05, 3.63) is 156 Å². The van der Waals surface area contributed by atoms with Crippen LogP contribution in [0.2, 0.25) is 0 Å². The molecule has 6 aromatic rings. The van der Waals surface area contributed by atoms with E-state index in [0.29, 0.717) is 0 Å². The number of rotatable bonds is 6. The fraction of sp³-hybridized carbons (Fsp3) is 0.0789. The summed E-state index contributed by atoms with van der Waals surface area (Å²) in [5.41, 5.74) is 10.2. The predicted octanol–water partition coefficient (Wildman–Crippen LogP) is 7.34. The molecule has 0 saturated carbocycles. The van der Waals surface area contributed by atoms with Gasteiger partial charge in [-0.25, -0.2) is 0 Å². The zero-order valence-corrected chi connectivity index (χ0v) is 23.9. The number of anilines is 2. The van der Waals surface area contributed by atoms with E-state index < -0.39 is 0 Å². The van der Waals surface area contributed by atoms with Crippen LogP contribution in [0.15, 0.2) is 128 Å². The van der Waals surface area contributed by atoms with Crippen molar-refractivity contribution in [3.63, 3.8) is 0 Å². The van der Waals surface area contributed by atoms with Gasteiger partial charge in [0.25, 0.3) is 0 Å². The molecule has 0 unspecified atom stereocenters. The third-order valence-electron chi connectivity index (χ3n) is 8.10. The van der Waals surface area contributed by atoms with Crippen molar-refractivity contribution in [1.29, 1.82) is 0 Å². The van der Waals surface area contributed by atoms with Gasteiger partial charge in [0.1, 0.15) is 0 Å². The van der Waals surface area contributed by atoms with Crippen molar-refractivity contribution in [2.45, 2.75) is 13.3 Å². The van der Waals surface area contributed by atoms with E-state index in [9.17, 15) is 0 Å². The maximum Gasteiger partial charge on any atom is 0.0770 e. The molecule has 0 atom stereocenters. The predicted molar refractivity (Wildman–Crippen MR) is 176 cm³/mol. The van der Waals surface area contributed by atoms with Crippen molar-refractivity contribution in [1.82, 2.24) is 14.1 Å². The lowest BCUT2D eigenvalue weighted by atomic mass is 10.1. The van der Waals surface area contributed by atoms with Gasteiger partial charge < -0.3 is 14.0 Å². The van der Waals surface area contributed by atoms with Crippen molar-refractivity contribution in [2.75, 3.05) is 11.9 Å². The fourth-order valence-corrected chi connectivity index (χ4v) is 6.28. The maximum absolute atomic E-state index is 4.57. The number of pyridine rings is 1. The zero-order chi connectivity index (χ0) is 28.6. The smallest absolute Gasteiger partial charge is 0.0770 e. The number of benzene rings is 3. The molecule has 0 amide bonds. The number of aromatic nitrogens is 3. The van der Waals surface area contributed by atoms with Crippen LogP contribution in [0.3, 0.4) is 0 Å². The molecule has 0 fully saturated rings. The zero-order valence-electron chi connectivity index (χ0n) is 23.9. The summed E-state index contributed by atoms with van der Waals surface area (Å²) in [7, 11) is 2.16. The molecule has 7 rings (SSSR count). The number of allylic oxidation sites excluding steroid dienone is 3. The molecule has 3 heterocycles. The number of hydrogen-bond acceptors (Lipinski definition) is 2. The summed E-state index contributed by atoms with van der Waals surface area (Å²) in [6, 6.07) is 34.1. The number of hydrogen-bond donors (Lipinski definition) is 0. The number of para-hydroxylation sites is 3. The standard InChI is InChI=1S/C38H32N4/c1-4-13-27(2)37-38(40(3)28-14-7-5-8-15-28)33-26-32-31-18-11-12-19-34(31)41(30-22-24-39-25-23-30)35(32)20-21-36(33)42(37)29-16-9-6-10-17-29/h4-20,22-26H,2,21H2,1,3H3/b13-4-. The Kier molecular flexibility index (Phi) is 6.44. The lowest BCUT2D eigenvalue weighted by Crippen LogP contribution is -2.28. The van der Waals surface area contributed by atoms with Crippen molar-refractivity contribution < 1.29 is 0 Å². The second kappa shape index (κ2) is 10.6. The van der Waals surface area contributed by atoms with Crippen molar-refractivity contribution in [2.24, 2.45) is 0 Å². The Labute approximate surface area is 246 Å². The van der Waals surface area contributed by atoms with Crippen LogP contribution in [-0.2, 0) is 6.42 Å². The van der Waals surface area contributed by atoms with E-state index in [2.05, 4.69) is 154 Å². The summed E-state index contributed by atoms with van der Waals surface area (Å²) in [5.74, 6) is 0. The molecule has 3 aromatic heterocycles. The van der Waals surface area contributed by atoms with Gasteiger partial charge >= 0.3 is 0 Å². The summed E-state index contributed by atoms with van der Waals surface area (Å²) in [5, 5.41) is 3.64. The van der Waals surface area contributed by atoms with E-state index >= 15 is 0 Å². The normalized spacial score (nSPS) is 12.3. The topological polar surface area (TPSA) is 26.0 Å². The third kappa shape index (κ3) is 4.11. The van der Waals surface area contributed by atoms with E-state index in [-0.39, 0.29) is 0 Å². The highest BCUT2D eigenvalue weighted by atomic mass is 15.2. The molecule has 204 valence electrons. The highest BCUT2D eigenvalue weighted by Crippen LogP contribution is 2.42. The van der Waals surface area contributed by atoms with Crippen LogP contribution in [0.1, 0.15) is 23.9 Å². The minimum Gasteiger partial charge on any atom is -0.342 e. The van der Waals surface area contributed by atoms with Crippen molar-refractivity contribution in [3.8, 4) is 11.4 Å². The van der Waals surface area contributed by atoms with E-state index in [1.54, 1.807) is 0 Å². The van der Waals surface area contributed by atoms with Crippen LogP contribution in [-0.4, -0.2) is 21.2 Å². The molecule has 0 aliphatic heterocycles. The minimum absolute atomic E-state index is 0.758. The molecule has 4 heteroatoms. The van der Waals surface area contributed by atoms with E-state index in [1.165, 1.54) is 32.7 Å². The average molecular weight is 545 g/mol. The minimum atomic E-state index is 0.758. The first-order valence-electron chi connectivity index (χ1n) is 14.3. The van der Waals surface area contributed by atoms with Crippen molar-refractivity contribution >= 4 is 40.0 Å². The molecule has 3 aromatic carbocycles. The molecular formula is C38H32N4. The lowest BCUT2D eigenvalue weighted by Gasteiger charge is -2.22. The maximum atomic E-state index is 4.57. The van der Waals surface area contributed by atoms with Gasteiger partial charge in [-0.15, -0.1) is 0 Å². The Morgan fingerprint density at radius 2 is 1.50 bits per heavy atom. The molecule has 1 aliphatic carbocycles. The third-order valence-corrected chi connectivity index (χ3v) is 8.10. The molecule has 0 radical (unpaired) electrons. The molecule has 1 aliphatic rings. The second-order valence-corrected chi connectivity index (χ2v) is 10.6. The van der Waals surface area contributed by atoms with Gasteiger partial charge in [-0.05, 0) is 61.0 Å². The van der Waals surface area contributed by atoms with Gasteiger partial charge in [0.05, 0.1) is 22.2 Å². The first-order valence-corrected chi connectivity index (χ1v) is 14.3. The number of nitrogens with zero attached hydrogens (tertiary/aromatic N) is 4. The van der Waals surface area contributed by atoms with E-state index in [0.717, 1.165) is 40.4 Å². The Morgan fingerprint density at radius 1 is 0.833 bits per heavy atom. The summed E-state index contributed by atoms with van der Waals surface area (Å²) in [6.45, 7) is 6.62. The molecule has 42 heavy (non-hydrogen) atoms. The Hall–Kier alpha value is -5.35. The average Bonchev–Trinajstić information content (AvgIpc) is 3.46. The molecule has 0 N–H and O–H groups in total. The summed E-state index contributed by atoms with van der Waals surface area (Å²) in [6.07, 6.45) is 13.4. The van der Waals surface area contributed by atoms with Crippen LogP contribution >= 0.6 is 0 Å². The molecule has 0 spiro atoms. The van der Waals surface area contributed by atoms with Crippen LogP contribution in [0.5, 0.6) is 0 Å². The summed E-state index contributed by atoms with van der Waals surface area (Å²) < 4.78 is 4.77. The first kappa shape index (κ1) is 25.6. The van der Waals surface area contributed by atoms with Gasteiger partial charge in [-0.3, -0.25) is 4.98 Å². The van der Waals surface area contributed by atoms with E-state index in [4.69, 9.17) is 0 Å². The molecule has 0 saturated heterocycles. The van der Waals surface area contributed by atoms with Gasteiger partial charge in [0.2, 0.25) is 0 Å². The van der Waals surface area contributed by atoms with Crippen LogP contribution in [0, 0.1) is 0 Å². The van der Waals surface area contributed by atoms with Gasteiger partial charge in [-0.2, -0.15) is 0 Å². The van der Waals surface area contributed by atoms with Crippen LogP contribution in [0.4, 0.5) is 11.4 Å². The SMILES string of the molecule is C=C(/C=C\C)c1c(N(C)c2ccccc2)c2c(n1-c1ccccc1)CC=c1c(c3ccccc3n1-c1ccncc1)=C2. The molecule has 4 nitrogen and oxygen atoms in total. The summed E-state index contributed by atoms with van der Waals surface area (Å²) >= 11 is 0. The second-order valence-electron chi connectivity index (χ2n) is 10.6. The monoisotopic (exact) mass is 544 g/mol. The van der Waals surface area contributed by atoms with Gasteiger partial charge in [0.15, 0.2) is 0 Å². The lowest BCUT2D eigenvalue weighted by molar-refractivity contribution is 0.964. The first-order chi connectivity index (χ1) is 20.7. The summed E-state index contributed by atoms with van der Waals surface area (Å²) in [4.78, 5) is 6.59. The Morgan fingerprint density at radius 3 is 2.24 bits per heavy atom. The molecular weight excluding hydrogens is 512 g/mol. The van der Waals surface area contributed by atoms with Gasteiger partial charge in [-0.1, -0.05) is 79.4 Å². The van der Waals surface area contributed by atoms with E-state index in [1.807, 2.05) is 19.3 Å². The van der Waals surface area contributed by atoms with Crippen LogP contribution < -0.4 is 15.5 Å². The Bertz CT molecular complexity index is 2080. The highest BCUT2D eigenvalue weighted by molar-refractivity contribution is 5.93. The van der Waals surface area contributed by atoms with Gasteiger partial charge in [0, 0.05) is 64.8 Å². The van der Waals surface area contributed by atoms with Crippen LogP contribution in [0.25, 0.3) is 40.0 Å². The quantitative estimate of drug-likeness (QED) is 0.205.